The zero-order valence-electron chi connectivity index (χ0n) is 11.3. The molecule has 0 spiro atoms. The van der Waals surface area contributed by atoms with E-state index in [0.29, 0.717) is 19.0 Å². The van der Waals surface area contributed by atoms with E-state index in [1.807, 2.05) is 6.92 Å². The summed E-state index contributed by atoms with van der Waals surface area (Å²) in [5, 5.41) is 3.18. The van der Waals surface area contributed by atoms with Gasteiger partial charge in [-0.25, -0.2) is 0 Å². The molecule has 0 aliphatic carbocycles. The normalized spacial score (nSPS) is 29.2. The monoisotopic (exact) mass is 253 g/mol. The summed E-state index contributed by atoms with van der Waals surface area (Å²) >= 11 is 0. The van der Waals surface area contributed by atoms with Crippen LogP contribution in [0.5, 0.6) is 0 Å². The second-order valence-corrected chi connectivity index (χ2v) is 5.52. The van der Waals surface area contributed by atoms with E-state index in [0.717, 1.165) is 32.5 Å². The molecule has 2 amide bonds. The molecule has 18 heavy (non-hydrogen) atoms. The molecule has 0 radical (unpaired) electrons. The number of likely N-dealkylation sites (tertiary alicyclic amines) is 1. The highest BCUT2D eigenvalue weighted by molar-refractivity contribution is 6.35. The number of hydrogen-bond donors (Lipinski definition) is 1. The molecule has 2 saturated heterocycles. The van der Waals surface area contributed by atoms with Gasteiger partial charge in [-0.05, 0) is 25.7 Å². The van der Waals surface area contributed by atoms with Gasteiger partial charge in [0.1, 0.15) is 0 Å². The number of rotatable bonds is 0. The van der Waals surface area contributed by atoms with Crippen LogP contribution in [0.4, 0.5) is 0 Å². The van der Waals surface area contributed by atoms with Crippen molar-refractivity contribution in [2.45, 2.75) is 32.7 Å². The summed E-state index contributed by atoms with van der Waals surface area (Å²) in [6.45, 7) is 7.82. The second kappa shape index (κ2) is 5.69. The van der Waals surface area contributed by atoms with Crippen molar-refractivity contribution in [3.63, 3.8) is 0 Å². The minimum absolute atomic E-state index is 0.188. The highest BCUT2D eigenvalue weighted by Crippen LogP contribution is 2.22. The molecule has 5 heteroatoms. The quantitative estimate of drug-likeness (QED) is 0.621. The van der Waals surface area contributed by atoms with Gasteiger partial charge in [-0.15, -0.1) is 0 Å². The first-order valence-corrected chi connectivity index (χ1v) is 6.90. The van der Waals surface area contributed by atoms with Crippen molar-refractivity contribution < 1.29 is 9.59 Å². The topological polar surface area (TPSA) is 52.7 Å². The molecule has 0 saturated carbocycles. The molecule has 102 valence electrons. The van der Waals surface area contributed by atoms with Crippen LogP contribution in [0.3, 0.4) is 0 Å². The van der Waals surface area contributed by atoms with Gasteiger partial charge in [-0.1, -0.05) is 6.92 Å². The predicted octanol–water partition coefficient (Wildman–Crippen LogP) is 0.0652. The van der Waals surface area contributed by atoms with Gasteiger partial charge in [0.2, 0.25) is 0 Å². The van der Waals surface area contributed by atoms with Crippen LogP contribution in [0.1, 0.15) is 26.7 Å². The molecule has 5 nitrogen and oxygen atoms in total. The van der Waals surface area contributed by atoms with Crippen molar-refractivity contribution in [2.75, 3.05) is 32.7 Å². The Balaban J connectivity index is 1.95. The van der Waals surface area contributed by atoms with E-state index < -0.39 is 0 Å². The smallest absolute Gasteiger partial charge is 0.312 e. The van der Waals surface area contributed by atoms with Gasteiger partial charge in [0.05, 0.1) is 0 Å². The van der Waals surface area contributed by atoms with Crippen molar-refractivity contribution in [3.8, 4) is 0 Å². The van der Waals surface area contributed by atoms with E-state index in [2.05, 4.69) is 12.2 Å². The van der Waals surface area contributed by atoms with Crippen LogP contribution in [0.15, 0.2) is 0 Å². The Hall–Kier alpha value is -1.10. The summed E-state index contributed by atoms with van der Waals surface area (Å²) in [5.41, 5.74) is 0. The van der Waals surface area contributed by atoms with Crippen LogP contribution in [0.2, 0.25) is 0 Å². The third-order valence-electron chi connectivity index (χ3n) is 3.99. The van der Waals surface area contributed by atoms with E-state index >= 15 is 0 Å². The Morgan fingerprint density at radius 1 is 1.06 bits per heavy atom. The van der Waals surface area contributed by atoms with Crippen LogP contribution in [-0.2, 0) is 9.59 Å². The predicted molar refractivity (Wildman–Crippen MR) is 69.0 cm³/mol. The van der Waals surface area contributed by atoms with Gasteiger partial charge in [-0.2, -0.15) is 0 Å². The molecule has 2 fully saturated rings. The maximum Gasteiger partial charge on any atom is 0.312 e. The molecule has 0 aromatic heterocycles. The molecule has 2 aliphatic rings. The molecule has 0 bridgehead atoms. The minimum Gasteiger partial charge on any atom is -0.332 e. The zero-order valence-corrected chi connectivity index (χ0v) is 11.3. The van der Waals surface area contributed by atoms with Crippen molar-refractivity contribution >= 4 is 11.8 Å². The fourth-order valence-electron chi connectivity index (χ4n) is 2.84. The molecule has 2 unspecified atom stereocenters. The van der Waals surface area contributed by atoms with Gasteiger partial charge < -0.3 is 15.1 Å². The van der Waals surface area contributed by atoms with Crippen LogP contribution in [0.25, 0.3) is 0 Å². The maximum absolute atomic E-state index is 12.2. The lowest BCUT2D eigenvalue weighted by Gasteiger charge is -2.37. The molecule has 2 atom stereocenters. The summed E-state index contributed by atoms with van der Waals surface area (Å²) in [6.07, 6.45) is 2.01. The molecular formula is C13H23N3O2. The van der Waals surface area contributed by atoms with E-state index in [4.69, 9.17) is 0 Å². The molecule has 2 heterocycles. The van der Waals surface area contributed by atoms with Crippen LogP contribution in [0, 0.1) is 5.92 Å². The van der Waals surface area contributed by atoms with Gasteiger partial charge in [0.15, 0.2) is 0 Å². The number of nitrogens with zero attached hydrogens (tertiary/aromatic N) is 2. The highest BCUT2D eigenvalue weighted by atomic mass is 16.2. The van der Waals surface area contributed by atoms with E-state index in [-0.39, 0.29) is 17.9 Å². The molecule has 0 aromatic rings. The molecule has 1 N–H and O–H groups in total. The first-order valence-electron chi connectivity index (χ1n) is 6.90. The highest BCUT2D eigenvalue weighted by Gasteiger charge is 2.33. The number of nitrogens with one attached hydrogen (secondary N) is 1. The SMILES string of the molecule is CC1CCN(C(=O)C(=O)N2CCNCC2)C(C)C1. The average Bonchev–Trinajstić information content (AvgIpc) is 2.38. The lowest BCUT2D eigenvalue weighted by atomic mass is 9.93. The van der Waals surface area contributed by atoms with Crippen molar-refractivity contribution in [1.29, 1.82) is 0 Å². The zero-order chi connectivity index (χ0) is 13.1. The number of hydrogen-bond acceptors (Lipinski definition) is 3. The number of carbonyl (C=O) groups is 2. The Morgan fingerprint density at radius 3 is 2.33 bits per heavy atom. The fourth-order valence-corrected chi connectivity index (χ4v) is 2.84. The molecule has 0 aromatic carbocycles. The maximum atomic E-state index is 12.2. The number of amides is 2. The van der Waals surface area contributed by atoms with E-state index in [1.54, 1.807) is 9.80 Å². The number of carbonyl (C=O) groups excluding carboxylic acids is 2. The third-order valence-corrected chi connectivity index (χ3v) is 3.99. The second-order valence-electron chi connectivity index (χ2n) is 5.52. The van der Waals surface area contributed by atoms with Crippen molar-refractivity contribution in [3.05, 3.63) is 0 Å². The summed E-state index contributed by atoms with van der Waals surface area (Å²) in [5.74, 6) is 0.0209. The summed E-state index contributed by atoms with van der Waals surface area (Å²) in [6, 6.07) is 0.188. The van der Waals surface area contributed by atoms with Crippen LogP contribution >= 0.6 is 0 Å². The van der Waals surface area contributed by atoms with E-state index in [1.165, 1.54) is 0 Å². The Morgan fingerprint density at radius 2 is 1.72 bits per heavy atom. The molecule has 2 rings (SSSR count). The largest absolute Gasteiger partial charge is 0.332 e. The fraction of sp³-hybridized carbons (Fsp3) is 0.846. The summed E-state index contributed by atoms with van der Waals surface area (Å²) in [7, 11) is 0. The lowest BCUT2D eigenvalue weighted by molar-refractivity contribution is -0.154. The molecular weight excluding hydrogens is 230 g/mol. The van der Waals surface area contributed by atoms with Crippen molar-refractivity contribution in [1.82, 2.24) is 15.1 Å². The average molecular weight is 253 g/mol. The van der Waals surface area contributed by atoms with Crippen LogP contribution < -0.4 is 5.32 Å². The third kappa shape index (κ3) is 2.83. The van der Waals surface area contributed by atoms with Gasteiger partial charge in [0, 0.05) is 38.8 Å². The van der Waals surface area contributed by atoms with E-state index in [9.17, 15) is 9.59 Å². The summed E-state index contributed by atoms with van der Waals surface area (Å²) in [4.78, 5) is 27.8. The lowest BCUT2D eigenvalue weighted by Crippen LogP contribution is -2.54. The van der Waals surface area contributed by atoms with Gasteiger partial charge in [-0.3, -0.25) is 9.59 Å². The Bertz CT molecular complexity index is 326. The first-order chi connectivity index (χ1) is 8.59. The number of piperidine rings is 1. The summed E-state index contributed by atoms with van der Waals surface area (Å²) < 4.78 is 0. The standard InChI is InChI=1S/C13H23N3O2/c1-10-3-6-16(11(2)9-10)13(18)12(17)15-7-4-14-5-8-15/h10-11,14H,3-9H2,1-2H3. The Labute approximate surface area is 108 Å². The Kier molecular flexibility index (Phi) is 4.22. The molecule has 2 aliphatic heterocycles. The van der Waals surface area contributed by atoms with Crippen molar-refractivity contribution in [2.24, 2.45) is 5.92 Å². The first kappa shape index (κ1) is 13.3. The number of piperazine rings is 1. The van der Waals surface area contributed by atoms with Gasteiger partial charge in [0.25, 0.3) is 0 Å². The van der Waals surface area contributed by atoms with Gasteiger partial charge >= 0.3 is 11.8 Å². The minimum atomic E-state index is -0.321. The van der Waals surface area contributed by atoms with Crippen LogP contribution in [-0.4, -0.2) is 60.4 Å².